The normalized spacial score (nSPS) is 23.2. The number of carbonyl (C=O) groups excluding carboxylic acids is 1. The van der Waals surface area contributed by atoms with E-state index in [1.165, 1.54) is 0 Å². The van der Waals surface area contributed by atoms with Crippen LogP contribution in [0.2, 0.25) is 0 Å². The SMILES string of the molecule is CS(=O)(=O)NC(=O)C1CC1c1ccccc1Br. The van der Waals surface area contributed by atoms with Crippen molar-refractivity contribution in [1.29, 1.82) is 0 Å². The molecule has 1 fully saturated rings. The predicted molar refractivity (Wildman–Crippen MR) is 68.0 cm³/mol. The summed E-state index contributed by atoms with van der Waals surface area (Å²) in [5, 5.41) is 0. The maximum Gasteiger partial charge on any atom is 0.237 e. The summed E-state index contributed by atoms with van der Waals surface area (Å²) >= 11 is 3.42. The highest BCUT2D eigenvalue weighted by Gasteiger charge is 2.45. The molecule has 1 aliphatic rings. The lowest BCUT2D eigenvalue weighted by atomic mass is 10.1. The van der Waals surface area contributed by atoms with Gasteiger partial charge in [0.15, 0.2) is 0 Å². The van der Waals surface area contributed by atoms with E-state index < -0.39 is 15.9 Å². The van der Waals surface area contributed by atoms with E-state index >= 15 is 0 Å². The molecule has 1 N–H and O–H groups in total. The molecule has 0 spiro atoms. The van der Waals surface area contributed by atoms with Gasteiger partial charge in [0.2, 0.25) is 15.9 Å². The fraction of sp³-hybridized carbons (Fsp3) is 0.364. The van der Waals surface area contributed by atoms with Gasteiger partial charge in [0.25, 0.3) is 0 Å². The molecule has 17 heavy (non-hydrogen) atoms. The van der Waals surface area contributed by atoms with E-state index in [0.29, 0.717) is 6.42 Å². The van der Waals surface area contributed by atoms with Crippen LogP contribution in [0.25, 0.3) is 0 Å². The van der Waals surface area contributed by atoms with Gasteiger partial charge in [-0.15, -0.1) is 0 Å². The van der Waals surface area contributed by atoms with Crippen molar-refractivity contribution in [3.05, 3.63) is 34.3 Å². The second-order valence-electron chi connectivity index (χ2n) is 4.21. The maximum atomic E-state index is 11.6. The smallest absolute Gasteiger partial charge is 0.237 e. The molecule has 1 amide bonds. The Morgan fingerprint density at radius 2 is 2.06 bits per heavy atom. The molecule has 0 saturated heterocycles. The lowest BCUT2D eigenvalue weighted by Gasteiger charge is -2.04. The van der Waals surface area contributed by atoms with E-state index in [1.54, 1.807) is 0 Å². The molecule has 6 heteroatoms. The van der Waals surface area contributed by atoms with Gasteiger partial charge >= 0.3 is 0 Å². The summed E-state index contributed by atoms with van der Waals surface area (Å²) in [6.45, 7) is 0. The molecule has 0 heterocycles. The van der Waals surface area contributed by atoms with Crippen LogP contribution in [0, 0.1) is 5.92 Å². The lowest BCUT2D eigenvalue weighted by Crippen LogP contribution is -2.30. The summed E-state index contributed by atoms with van der Waals surface area (Å²) in [7, 11) is -3.46. The van der Waals surface area contributed by atoms with Crippen LogP contribution in [0.5, 0.6) is 0 Å². The Morgan fingerprint density at radius 1 is 1.41 bits per heavy atom. The molecular formula is C11H12BrNO3S. The summed E-state index contributed by atoms with van der Waals surface area (Å²) in [6, 6.07) is 7.67. The number of rotatable bonds is 3. The van der Waals surface area contributed by atoms with Crippen LogP contribution < -0.4 is 4.72 Å². The minimum Gasteiger partial charge on any atom is -0.274 e. The number of sulfonamides is 1. The van der Waals surface area contributed by atoms with Crippen molar-refractivity contribution in [2.24, 2.45) is 5.92 Å². The van der Waals surface area contributed by atoms with Crippen LogP contribution in [0.15, 0.2) is 28.7 Å². The quantitative estimate of drug-likeness (QED) is 0.921. The minimum atomic E-state index is -3.46. The molecule has 0 radical (unpaired) electrons. The Kier molecular flexibility index (Phi) is 3.27. The minimum absolute atomic E-state index is 0.118. The first-order chi connectivity index (χ1) is 7.88. The highest BCUT2D eigenvalue weighted by atomic mass is 79.9. The highest BCUT2D eigenvalue weighted by molar-refractivity contribution is 9.10. The Hall–Kier alpha value is -0.880. The van der Waals surface area contributed by atoms with E-state index in [9.17, 15) is 13.2 Å². The largest absolute Gasteiger partial charge is 0.274 e. The summed E-state index contributed by atoms with van der Waals surface area (Å²) in [6.07, 6.45) is 1.69. The summed E-state index contributed by atoms with van der Waals surface area (Å²) in [4.78, 5) is 11.6. The zero-order chi connectivity index (χ0) is 12.6. The fourth-order valence-corrected chi connectivity index (χ4v) is 2.96. The predicted octanol–water partition coefficient (Wildman–Crippen LogP) is 1.63. The first kappa shape index (κ1) is 12.6. The molecule has 1 aliphatic carbocycles. The fourth-order valence-electron chi connectivity index (χ4n) is 1.86. The van der Waals surface area contributed by atoms with Gasteiger partial charge in [0, 0.05) is 10.4 Å². The van der Waals surface area contributed by atoms with Crippen LogP contribution in [-0.2, 0) is 14.8 Å². The van der Waals surface area contributed by atoms with E-state index in [2.05, 4.69) is 15.9 Å². The van der Waals surface area contributed by atoms with Crippen LogP contribution >= 0.6 is 15.9 Å². The molecule has 0 aliphatic heterocycles. The molecule has 1 saturated carbocycles. The standard InChI is InChI=1S/C11H12BrNO3S/c1-17(15,16)13-11(14)9-6-8(9)7-4-2-3-5-10(7)12/h2-5,8-9H,6H2,1H3,(H,13,14). The third-order valence-electron chi connectivity index (χ3n) is 2.72. The Bertz CT molecular complexity index is 556. The summed E-state index contributed by atoms with van der Waals surface area (Å²) in [5.41, 5.74) is 1.06. The second-order valence-corrected chi connectivity index (χ2v) is 6.81. The molecule has 0 aromatic heterocycles. The van der Waals surface area contributed by atoms with Gasteiger partial charge in [-0.25, -0.2) is 8.42 Å². The molecule has 92 valence electrons. The molecule has 1 aromatic rings. The monoisotopic (exact) mass is 317 g/mol. The van der Waals surface area contributed by atoms with E-state index in [1.807, 2.05) is 29.0 Å². The molecule has 1 aromatic carbocycles. The summed E-state index contributed by atoms with van der Waals surface area (Å²) in [5.74, 6) is -0.524. The molecule has 4 nitrogen and oxygen atoms in total. The van der Waals surface area contributed by atoms with Crippen LogP contribution in [0.4, 0.5) is 0 Å². The van der Waals surface area contributed by atoms with Crippen LogP contribution in [-0.4, -0.2) is 20.6 Å². The second kappa shape index (κ2) is 4.42. The molecule has 2 rings (SSSR count). The number of hydrogen-bond donors (Lipinski definition) is 1. The van der Waals surface area contributed by atoms with Gasteiger partial charge in [-0.2, -0.15) is 0 Å². The highest BCUT2D eigenvalue weighted by Crippen LogP contribution is 2.49. The van der Waals surface area contributed by atoms with Gasteiger partial charge in [-0.3, -0.25) is 9.52 Å². The maximum absolute atomic E-state index is 11.6. The number of benzene rings is 1. The Labute approximate surface area is 109 Å². The van der Waals surface area contributed by atoms with E-state index in [4.69, 9.17) is 0 Å². The number of nitrogens with one attached hydrogen (secondary N) is 1. The van der Waals surface area contributed by atoms with Gasteiger partial charge < -0.3 is 0 Å². The molecule has 2 unspecified atom stereocenters. The number of amides is 1. The topological polar surface area (TPSA) is 63.2 Å². The number of hydrogen-bond acceptors (Lipinski definition) is 3. The molecular weight excluding hydrogens is 306 g/mol. The van der Waals surface area contributed by atoms with Crippen molar-refractivity contribution in [1.82, 2.24) is 4.72 Å². The van der Waals surface area contributed by atoms with Crippen LogP contribution in [0.3, 0.4) is 0 Å². The van der Waals surface area contributed by atoms with E-state index in [0.717, 1.165) is 16.3 Å². The van der Waals surface area contributed by atoms with Crippen molar-refractivity contribution in [3.8, 4) is 0 Å². The molecule has 2 atom stereocenters. The number of carbonyl (C=O) groups is 1. The van der Waals surface area contributed by atoms with Crippen molar-refractivity contribution in [3.63, 3.8) is 0 Å². The average Bonchev–Trinajstić information content (AvgIpc) is 2.95. The van der Waals surface area contributed by atoms with Gasteiger partial charge in [-0.05, 0) is 24.0 Å². The van der Waals surface area contributed by atoms with Crippen molar-refractivity contribution in [2.75, 3.05) is 6.26 Å². The van der Waals surface area contributed by atoms with E-state index in [-0.39, 0.29) is 11.8 Å². The Balaban J connectivity index is 2.07. The zero-order valence-electron chi connectivity index (χ0n) is 9.18. The Morgan fingerprint density at radius 3 is 2.65 bits per heavy atom. The first-order valence-corrected chi connectivity index (χ1v) is 7.83. The first-order valence-electron chi connectivity index (χ1n) is 5.14. The average molecular weight is 318 g/mol. The lowest BCUT2D eigenvalue weighted by molar-refractivity contribution is -0.120. The van der Waals surface area contributed by atoms with Crippen molar-refractivity contribution in [2.45, 2.75) is 12.3 Å². The molecule has 0 bridgehead atoms. The third kappa shape index (κ3) is 3.07. The van der Waals surface area contributed by atoms with Gasteiger partial charge in [-0.1, -0.05) is 34.1 Å². The van der Waals surface area contributed by atoms with Gasteiger partial charge in [0.05, 0.1) is 6.26 Å². The van der Waals surface area contributed by atoms with Crippen LogP contribution in [0.1, 0.15) is 17.9 Å². The van der Waals surface area contributed by atoms with Crippen molar-refractivity contribution >= 4 is 31.9 Å². The third-order valence-corrected chi connectivity index (χ3v) is 4.01. The summed E-state index contributed by atoms with van der Waals surface area (Å²) < 4.78 is 24.9. The number of halogens is 1. The zero-order valence-corrected chi connectivity index (χ0v) is 11.6. The van der Waals surface area contributed by atoms with Crippen molar-refractivity contribution < 1.29 is 13.2 Å². The van der Waals surface area contributed by atoms with Gasteiger partial charge in [0.1, 0.15) is 0 Å².